The van der Waals surface area contributed by atoms with Crippen LogP contribution in [0.5, 0.6) is 5.88 Å². The molecule has 0 atom stereocenters. The van der Waals surface area contributed by atoms with E-state index in [0.717, 1.165) is 23.1 Å². The summed E-state index contributed by atoms with van der Waals surface area (Å²) in [5.74, 6) is 0.470. The summed E-state index contributed by atoms with van der Waals surface area (Å²) in [4.78, 5) is 0.234. The Labute approximate surface area is 165 Å². The molecule has 2 aromatic carbocycles. The van der Waals surface area contributed by atoms with E-state index in [2.05, 4.69) is 14.9 Å². The minimum Gasteiger partial charge on any atom is -0.477 e. The van der Waals surface area contributed by atoms with Crippen molar-refractivity contribution in [1.82, 2.24) is 10.2 Å². The van der Waals surface area contributed by atoms with Gasteiger partial charge in [0, 0.05) is 17.3 Å². The molecule has 3 rings (SSSR count). The maximum absolute atomic E-state index is 12.7. The molecule has 0 aliphatic rings. The van der Waals surface area contributed by atoms with E-state index in [1.165, 1.54) is 0 Å². The highest BCUT2D eigenvalue weighted by atomic mass is 32.2. The highest BCUT2D eigenvalue weighted by Gasteiger charge is 2.15. The summed E-state index contributed by atoms with van der Waals surface area (Å²) in [6.45, 7) is 6.44. The molecular formula is C21H23N3O3S. The molecule has 0 saturated carbocycles. The van der Waals surface area contributed by atoms with Gasteiger partial charge < -0.3 is 4.74 Å². The van der Waals surface area contributed by atoms with E-state index in [4.69, 9.17) is 4.74 Å². The zero-order chi connectivity index (χ0) is 20.1. The van der Waals surface area contributed by atoms with Crippen LogP contribution in [-0.2, 0) is 10.0 Å². The second-order valence-corrected chi connectivity index (χ2v) is 8.22. The Bertz CT molecular complexity index is 1060. The van der Waals surface area contributed by atoms with Crippen molar-refractivity contribution in [2.45, 2.75) is 32.1 Å². The summed E-state index contributed by atoms with van der Waals surface area (Å²) in [5, 5.41) is 8.22. The standard InChI is InChI=1S/C21H23N3O3S/c1-4-12-27-21-11-10-20(22-23-21)17-6-5-7-18(14-17)24-28(25,26)19-9-8-15(2)16(3)13-19/h5-11,13-14,24H,4,12H2,1-3H3. The number of benzene rings is 2. The molecule has 28 heavy (non-hydrogen) atoms. The van der Waals surface area contributed by atoms with Gasteiger partial charge in [0.15, 0.2) is 0 Å². The van der Waals surface area contributed by atoms with E-state index in [9.17, 15) is 8.42 Å². The second-order valence-electron chi connectivity index (χ2n) is 6.54. The fourth-order valence-corrected chi connectivity index (χ4v) is 3.73. The summed E-state index contributed by atoms with van der Waals surface area (Å²) in [6.07, 6.45) is 0.895. The molecule has 1 heterocycles. The van der Waals surface area contributed by atoms with Gasteiger partial charge >= 0.3 is 0 Å². The number of hydrogen-bond donors (Lipinski definition) is 1. The van der Waals surface area contributed by atoms with Gasteiger partial charge in [-0.3, -0.25) is 4.72 Å². The van der Waals surface area contributed by atoms with Crippen LogP contribution in [0.15, 0.2) is 59.5 Å². The molecule has 0 unspecified atom stereocenters. The molecule has 3 aromatic rings. The van der Waals surface area contributed by atoms with Crippen LogP contribution in [0.3, 0.4) is 0 Å². The van der Waals surface area contributed by atoms with Gasteiger partial charge in [-0.05, 0) is 61.7 Å². The molecule has 0 spiro atoms. The van der Waals surface area contributed by atoms with Crippen molar-refractivity contribution >= 4 is 15.7 Å². The quantitative estimate of drug-likeness (QED) is 0.641. The molecule has 0 radical (unpaired) electrons. The smallest absolute Gasteiger partial charge is 0.261 e. The Kier molecular flexibility index (Phi) is 5.94. The van der Waals surface area contributed by atoms with E-state index in [0.29, 0.717) is 23.9 Å². The van der Waals surface area contributed by atoms with Crippen molar-refractivity contribution < 1.29 is 13.2 Å². The summed E-state index contributed by atoms with van der Waals surface area (Å²) in [6, 6.07) is 15.7. The molecule has 1 N–H and O–H groups in total. The highest BCUT2D eigenvalue weighted by Crippen LogP contribution is 2.24. The Morgan fingerprint density at radius 1 is 0.964 bits per heavy atom. The van der Waals surface area contributed by atoms with Gasteiger partial charge in [-0.1, -0.05) is 25.1 Å². The Balaban J connectivity index is 1.82. The van der Waals surface area contributed by atoms with Crippen molar-refractivity contribution in [3.05, 3.63) is 65.7 Å². The summed E-state index contributed by atoms with van der Waals surface area (Å²) in [5.41, 5.74) is 3.83. The number of anilines is 1. The molecule has 0 aliphatic heterocycles. The number of hydrogen-bond acceptors (Lipinski definition) is 5. The number of sulfonamides is 1. The van der Waals surface area contributed by atoms with Crippen LogP contribution < -0.4 is 9.46 Å². The molecule has 146 valence electrons. The predicted octanol–water partition coefficient (Wildman–Crippen LogP) is 4.35. The van der Waals surface area contributed by atoms with Crippen LogP contribution in [-0.4, -0.2) is 25.2 Å². The normalized spacial score (nSPS) is 11.2. The van der Waals surface area contributed by atoms with Crippen LogP contribution in [0.1, 0.15) is 24.5 Å². The minimum atomic E-state index is -3.67. The van der Waals surface area contributed by atoms with Gasteiger partial charge in [-0.25, -0.2) is 8.42 Å². The number of rotatable bonds is 7. The molecule has 0 fully saturated rings. The van der Waals surface area contributed by atoms with Crippen LogP contribution in [0, 0.1) is 13.8 Å². The molecule has 0 bridgehead atoms. The predicted molar refractivity (Wildman–Crippen MR) is 110 cm³/mol. The Morgan fingerprint density at radius 2 is 1.79 bits per heavy atom. The van der Waals surface area contributed by atoms with Crippen molar-refractivity contribution in [3.8, 4) is 17.1 Å². The lowest BCUT2D eigenvalue weighted by molar-refractivity contribution is 0.302. The molecular weight excluding hydrogens is 374 g/mol. The molecule has 0 saturated heterocycles. The van der Waals surface area contributed by atoms with E-state index >= 15 is 0 Å². The van der Waals surface area contributed by atoms with Crippen molar-refractivity contribution in [1.29, 1.82) is 0 Å². The van der Waals surface area contributed by atoms with Gasteiger partial charge in [0.1, 0.15) is 0 Å². The first-order chi connectivity index (χ1) is 13.4. The van der Waals surface area contributed by atoms with Crippen molar-refractivity contribution in [2.24, 2.45) is 0 Å². The maximum atomic E-state index is 12.7. The number of ether oxygens (including phenoxy) is 1. The lowest BCUT2D eigenvalue weighted by Gasteiger charge is -2.11. The third-order valence-corrected chi connectivity index (χ3v) is 5.67. The zero-order valence-corrected chi connectivity index (χ0v) is 17.0. The third kappa shape index (κ3) is 4.67. The monoisotopic (exact) mass is 397 g/mol. The molecule has 0 aliphatic carbocycles. The maximum Gasteiger partial charge on any atom is 0.261 e. The lowest BCUT2D eigenvalue weighted by Crippen LogP contribution is -2.13. The van der Waals surface area contributed by atoms with E-state index < -0.39 is 10.0 Å². The third-order valence-electron chi connectivity index (χ3n) is 4.29. The number of nitrogens with one attached hydrogen (secondary N) is 1. The van der Waals surface area contributed by atoms with Gasteiger partial charge in [-0.2, -0.15) is 0 Å². The fraction of sp³-hybridized carbons (Fsp3) is 0.238. The topological polar surface area (TPSA) is 81.2 Å². The zero-order valence-electron chi connectivity index (χ0n) is 16.1. The second kappa shape index (κ2) is 8.39. The summed E-state index contributed by atoms with van der Waals surface area (Å²) in [7, 11) is -3.67. The lowest BCUT2D eigenvalue weighted by atomic mass is 10.1. The van der Waals surface area contributed by atoms with Crippen molar-refractivity contribution in [2.75, 3.05) is 11.3 Å². The van der Waals surface area contributed by atoms with E-state index in [1.807, 2.05) is 26.8 Å². The van der Waals surface area contributed by atoms with E-state index in [1.54, 1.807) is 48.5 Å². The van der Waals surface area contributed by atoms with Gasteiger partial charge in [-0.15, -0.1) is 10.2 Å². The van der Waals surface area contributed by atoms with Crippen LogP contribution in [0.4, 0.5) is 5.69 Å². The molecule has 1 aromatic heterocycles. The number of nitrogens with zero attached hydrogens (tertiary/aromatic N) is 2. The average molecular weight is 398 g/mol. The summed E-state index contributed by atoms with van der Waals surface area (Å²) < 4.78 is 33.5. The minimum absolute atomic E-state index is 0.234. The van der Waals surface area contributed by atoms with E-state index in [-0.39, 0.29) is 4.90 Å². The molecule has 7 heteroatoms. The van der Waals surface area contributed by atoms with Crippen LogP contribution in [0.25, 0.3) is 11.3 Å². The van der Waals surface area contributed by atoms with Gasteiger partial charge in [0.2, 0.25) is 5.88 Å². The largest absolute Gasteiger partial charge is 0.477 e. The molecule has 6 nitrogen and oxygen atoms in total. The number of aryl methyl sites for hydroxylation is 2. The van der Waals surface area contributed by atoms with Gasteiger partial charge in [0.25, 0.3) is 10.0 Å². The SMILES string of the molecule is CCCOc1ccc(-c2cccc(NS(=O)(=O)c3ccc(C)c(C)c3)c2)nn1. The average Bonchev–Trinajstić information content (AvgIpc) is 2.68. The Morgan fingerprint density at radius 3 is 2.46 bits per heavy atom. The first kappa shape index (κ1) is 19.8. The first-order valence-corrected chi connectivity index (χ1v) is 10.5. The molecule has 0 amide bonds. The first-order valence-electron chi connectivity index (χ1n) is 9.06. The van der Waals surface area contributed by atoms with Crippen molar-refractivity contribution in [3.63, 3.8) is 0 Å². The highest BCUT2D eigenvalue weighted by molar-refractivity contribution is 7.92. The van der Waals surface area contributed by atoms with Crippen LogP contribution >= 0.6 is 0 Å². The van der Waals surface area contributed by atoms with Crippen LogP contribution in [0.2, 0.25) is 0 Å². The number of aromatic nitrogens is 2. The fourth-order valence-electron chi connectivity index (χ4n) is 2.59. The Hall–Kier alpha value is -2.93. The van der Waals surface area contributed by atoms with Gasteiger partial charge in [0.05, 0.1) is 17.2 Å². The summed E-state index contributed by atoms with van der Waals surface area (Å²) >= 11 is 0.